The van der Waals surface area contributed by atoms with E-state index in [2.05, 4.69) is 15.3 Å². The quantitative estimate of drug-likeness (QED) is 0.387. The highest BCUT2D eigenvalue weighted by molar-refractivity contribution is 7.89. The lowest BCUT2D eigenvalue weighted by Crippen LogP contribution is -2.52. The molecule has 1 amide bonds. The number of alkyl halides is 2. The van der Waals surface area contributed by atoms with E-state index in [0.29, 0.717) is 6.07 Å². The fourth-order valence-corrected chi connectivity index (χ4v) is 5.14. The van der Waals surface area contributed by atoms with Gasteiger partial charge < -0.3 is 15.0 Å². The summed E-state index contributed by atoms with van der Waals surface area (Å²) in [5.74, 6) is -7.26. The van der Waals surface area contributed by atoms with E-state index in [9.17, 15) is 35.6 Å². The van der Waals surface area contributed by atoms with Gasteiger partial charge in [-0.2, -0.15) is 0 Å². The van der Waals surface area contributed by atoms with E-state index in [4.69, 9.17) is 4.74 Å². The third-order valence-corrected chi connectivity index (χ3v) is 7.35. The summed E-state index contributed by atoms with van der Waals surface area (Å²) in [4.78, 5) is 32.9. The Morgan fingerprint density at radius 3 is 2.65 bits per heavy atom. The number of carbonyl (C=O) groups is 1. The number of nitrogens with zero attached hydrogens (tertiary/aromatic N) is 2. The van der Waals surface area contributed by atoms with Crippen LogP contribution in [0.4, 0.5) is 23.4 Å². The number of likely N-dealkylation sites (tertiary alicyclic amines) is 1. The van der Waals surface area contributed by atoms with Crippen molar-refractivity contribution in [1.29, 1.82) is 0 Å². The van der Waals surface area contributed by atoms with Crippen LogP contribution in [0.15, 0.2) is 53.6 Å². The van der Waals surface area contributed by atoms with E-state index in [1.165, 1.54) is 24.4 Å². The number of amides is 1. The molecule has 1 aliphatic heterocycles. The predicted octanol–water partition coefficient (Wildman–Crippen LogP) is 3.84. The topological polar surface area (TPSA) is 121 Å². The Bertz CT molecular complexity index is 1560. The lowest BCUT2D eigenvalue weighted by Gasteiger charge is -2.40. The number of aromatic nitrogens is 2. The van der Waals surface area contributed by atoms with Crippen LogP contribution in [-0.4, -0.2) is 60.5 Å². The Hall–Kier alpha value is -3.78. The van der Waals surface area contributed by atoms with E-state index in [1.807, 2.05) is 0 Å². The number of nitrogens with one attached hydrogen (secondary N) is 2. The third kappa shape index (κ3) is 7.04. The van der Waals surface area contributed by atoms with Crippen molar-refractivity contribution < 1.29 is 35.5 Å². The smallest absolute Gasteiger partial charge is 0.257 e. The highest BCUT2D eigenvalue weighted by Gasteiger charge is 2.46. The van der Waals surface area contributed by atoms with E-state index in [0.717, 1.165) is 24.6 Å². The summed E-state index contributed by atoms with van der Waals surface area (Å²) >= 11 is 0. The highest BCUT2D eigenvalue weighted by Crippen LogP contribution is 2.40. The van der Waals surface area contributed by atoms with Gasteiger partial charge in [-0.15, -0.1) is 0 Å². The van der Waals surface area contributed by atoms with Gasteiger partial charge in [0.05, 0.1) is 23.9 Å². The van der Waals surface area contributed by atoms with E-state index in [1.54, 1.807) is 11.8 Å². The van der Waals surface area contributed by atoms with Crippen molar-refractivity contribution in [2.75, 3.05) is 24.7 Å². The predicted molar refractivity (Wildman–Crippen MR) is 138 cm³/mol. The fourth-order valence-electron chi connectivity index (χ4n) is 4.36. The number of benzene rings is 1. The molecule has 3 heterocycles. The van der Waals surface area contributed by atoms with E-state index >= 15 is 0 Å². The number of carbonyl (C=O) groups excluding carboxylic acids is 1. The van der Waals surface area contributed by atoms with Crippen LogP contribution in [0.3, 0.4) is 0 Å². The molecule has 2 aromatic heterocycles. The van der Waals surface area contributed by atoms with Gasteiger partial charge in [-0.1, -0.05) is 0 Å². The number of halogens is 4. The molecule has 1 saturated heterocycles. The van der Waals surface area contributed by atoms with Gasteiger partial charge in [-0.05, 0) is 42.8 Å². The Kier molecular flexibility index (Phi) is 8.30. The van der Waals surface area contributed by atoms with Crippen molar-refractivity contribution in [1.82, 2.24) is 14.9 Å². The largest absolute Gasteiger partial charge is 0.453 e. The van der Waals surface area contributed by atoms with Crippen molar-refractivity contribution in [3.8, 4) is 11.5 Å². The van der Waals surface area contributed by atoms with Gasteiger partial charge in [0.2, 0.25) is 5.91 Å². The van der Waals surface area contributed by atoms with Gasteiger partial charge in [0, 0.05) is 43.6 Å². The van der Waals surface area contributed by atoms with Crippen LogP contribution in [0.2, 0.25) is 0 Å². The molecule has 3 aromatic rings. The van der Waals surface area contributed by atoms with Crippen LogP contribution in [0, 0.1) is 11.6 Å². The lowest BCUT2D eigenvalue weighted by molar-refractivity contribution is -0.125. The number of H-pyrrole nitrogens is 1. The first-order valence-electron chi connectivity index (χ1n) is 12.1. The summed E-state index contributed by atoms with van der Waals surface area (Å²) in [6.07, 6.45) is 2.76. The highest BCUT2D eigenvalue weighted by atomic mass is 32.2. The first kappa shape index (κ1) is 29.2. The van der Waals surface area contributed by atoms with Crippen molar-refractivity contribution >= 4 is 21.6 Å². The fraction of sp³-hybridized carbons (Fsp3) is 0.346. The van der Waals surface area contributed by atoms with Crippen molar-refractivity contribution in [2.24, 2.45) is 0 Å². The van der Waals surface area contributed by atoms with E-state index in [-0.39, 0.29) is 41.5 Å². The van der Waals surface area contributed by atoms with Gasteiger partial charge in [0.25, 0.3) is 11.5 Å². The molecule has 2 atom stereocenters. The minimum absolute atomic E-state index is 0.0652. The van der Waals surface area contributed by atoms with Crippen LogP contribution in [0.1, 0.15) is 30.4 Å². The zero-order valence-corrected chi connectivity index (χ0v) is 22.3. The number of hydrogen-bond donors (Lipinski definition) is 2. The first-order valence-corrected chi connectivity index (χ1v) is 14.2. The minimum Gasteiger partial charge on any atom is -0.453 e. The molecule has 0 radical (unpaired) electrons. The molecule has 1 aliphatic rings. The average Bonchev–Trinajstić information content (AvgIpc) is 2.87. The normalized spacial score (nSPS) is 18.2. The Labute approximate surface area is 227 Å². The van der Waals surface area contributed by atoms with Crippen LogP contribution >= 0.6 is 0 Å². The van der Waals surface area contributed by atoms with Crippen LogP contribution in [-0.2, 0) is 20.4 Å². The SMILES string of the molecule is CC(C(=O)Nc1ccc(Oc2ccc(F)cc2F)cn1)N1CCC(F)(F)[C@@H](c2c[nH]c(=O)c(CS(C)(=O)=O)c2)C1. The maximum atomic E-state index is 14.9. The maximum Gasteiger partial charge on any atom is 0.257 e. The molecule has 0 saturated carbocycles. The maximum absolute atomic E-state index is 14.9. The molecule has 9 nitrogen and oxygen atoms in total. The van der Waals surface area contributed by atoms with Gasteiger partial charge in [-0.3, -0.25) is 14.5 Å². The zero-order valence-electron chi connectivity index (χ0n) is 21.5. The number of anilines is 1. The molecule has 1 aromatic carbocycles. The Morgan fingerprint density at radius 2 is 2.00 bits per heavy atom. The summed E-state index contributed by atoms with van der Waals surface area (Å²) in [5.41, 5.74) is -0.751. The van der Waals surface area contributed by atoms with Gasteiger partial charge in [0.15, 0.2) is 21.4 Å². The molecule has 2 N–H and O–H groups in total. The second-order valence-corrected chi connectivity index (χ2v) is 11.8. The molecule has 1 fully saturated rings. The molecule has 4 rings (SSSR count). The molecular formula is C26H26F4N4O5S. The molecule has 40 heavy (non-hydrogen) atoms. The average molecular weight is 583 g/mol. The molecule has 14 heteroatoms. The standard InChI is InChI=1S/C26H26F4N4O5S/c1-15(24(35)33-23-6-4-19(12-31-23)39-22-5-3-18(27)10-21(22)28)34-8-7-26(29,30)20(13-34)16-9-17(14-40(2,37)38)25(36)32-11-16/h3-6,9-12,15,20H,7-8,13-14H2,1-2H3,(H,32,36)(H,31,33,35)/t15?,20-/m1/s1. The minimum atomic E-state index is -3.58. The molecule has 1 unspecified atom stereocenters. The Balaban J connectivity index is 1.43. The van der Waals surface area contributed by atoms with Crippen molar-refractivity contribution in [3.05, 3.63) is 81.9 Å². The number of sulfone groups is 1. The number of pyridine rings is 2. The van der Waals surface area contributed by atoms with Crippen molar-refractivity contribution in [2.45, 2.75) is 37.0 Å². The van der Waals surface area contributed by atoms with Crippen LogP contribution in [0.25, 0.3) is 0 Å². The summed E-state index contributed by atoms with van der Waals surface area (Å²) in [5, 5.41) is 2.59. The number of rotatable bonds is 8. The molecule has 0 bridgehead atoms. The summed E-state index contributed by atoms with van der Waals surface area (Å²) in [7, 11) is -3.58. The van der Waals surface area contributed by atoms with Crippen LogP contribution in [0.5, 0.6) is 11.5 Å². The summed E-state index contributed by atoms with van der Waals surface area (Å²) in [6, 6.07) is 5.98. The molecular weight excluding hydrogens is 556 g/mol. The van der Waals surface area contributed by atoms with Crippen LogP contribution < -0.4 is 15.6 Å². The monoisotopic (exact) mass is 582 g/mol. The van der Waals surface area contributed by atoms with Gasteiger partial charge in [0.1, 0.15) is 17.4 Å². The van der Waals surface area contributed by atoms with Gasteiger partial charge >= 0.3 is 0 Å². The van der Waals surface area contributed by atoms with E-state index < -0.39 is 63.0 Å². The first-order chi connectivity index (χ1) is 18.7. The third-order valence-electron chi connectivity index (χ3n) is 6.52. The number of hydrogen-bond acceptors (Lipinski definition) is 7. The summed E-state index contributed by atoms with van der Waals surface area (Å²) < 4.78 is 85.4. The second-order valence-electron chi connectivity index (χ2n) is 9.64. The number of piperidine rings is 1. The lowest BCUT2D eigenvalue weighted by atomic mass is 9.86. The molecule has 214 valence electrons. The summed E-state index contributed by atoms with van der Waals surface area (Å²) in [6.45, 7) is 1.24. The van der Waals surface area contributed by atoms with Gasteiger partial charge in [-0.25, -0.2) is 31.0 Å². The number of ether oxygens (including phenoxy) is 1. The molecule has 0 aliphatic carbocycles. The second kappa shape index (κ2) is 11.4. The molecule has 0 spiro atoms. The zero-order chi connectivity index (χ0) is 29.2. The Morgan fingerprint density at radius 1 is 1.25 bits per heavy atom. The van der Waals surface area contributed by atoms with Crippen molar-refractivity contribution in [3.63, 3.8) is 0 Å². The number of aromatic amines is 1.